The molecule has 27 heavy (non-hydrogen) atoms. The lowest BCUT2D eigenvalue weighted by Gasteiger charge is -2.32. The smallest absolute Gasteiger partial charge is 0.252 e. The van der Waals surface area contributed by atoms with Gasteiger partial charge in [0.1, 0.15) is 6.54 Å². The van der Waals surface area contributed by atoms with Crippen LogP contribution >= 0.6 is 11.6 Å². The molecule has 1 fully saturated rings. The zero-order valence-corrected chi connectivity index (χ0v) is 15.9. The summed E-state index contributed by atoms with van der Waals surface area (Å²) in [5.74, 6) is -0.169. The Morgan fingerprint density at radius 1 is 1.11 bits per heavy atom. The molecule has 0 saturated carbocycles. The van der Waals surface area contributed by atoms with Crippen molar-refractivity contribution < 1.29 is 14.5 Å². The lowest BCUT2D eigenvalue weighted by Crippen LogP contribution is -3.13. The number of carbonyl (C=O) groups is 2. The van der Waals surface area contributed by atoms with Crippen molar-refractivity contribution in [3.8, 4) is 0 Å². The molecule has 1 aromatic carbocycles. The third-order valence-corrected chi connectivity index (χ3v) is 5.10. The van der Waals surface area contributed by atoms with E-state index in [0.29, 0.717) is 23.6 Å². The van der Waals surface area contributed by atoms with Crippen molar-refractivity contribution in [2.24, 2.45) is 0 Å². The second kappa shape index (κ2) is 9.48. The maximum atomic E-state index is 12.4. The molecule has 2 heterocycles. The Labute approximate surface area is 164 Å². The molecule has 1 aromatic heterocycles. The van der Waals surface area contributed by atoms with E-state index in [1.807, 2.05) is 29.4 Å². The van der Waals surface area contributed by atoms with E-state index < -0.39 is 0 Å². The van der Waals surface area contributed by atoms with Crippen molar-refractivity contribution in [3.63, 3.8) is 0 Å². The molecule has 0 atom stereocenters. The van der Waals surface area contributed by atoms with Crippen LogP contribution in [0.4, 0.5) is 0 Å². The largest absolute Gasteiger partial charge is 0.351 e. The molecule has 2 N–H and O–H groups in total. The number of halogens is 1. The number of benzene rings is 1. The van der Waals surface area contributed by atoms with E-state index in [4.69, 9.17) is 11.6 Å². The van der Waals surface area contributed by atoms with Crippen LogP contribution in [0.2, 0.25) is 5.02 Å². The monoisotopic (exact) mass is 387 g/mol. The van der Waals surface area contributed by atoms with Crippen molar-refractivity contribution >= 4 is 23.4 Å². The summed E-state index contributed by atoms with van der Waals surface area (Å²) in [7, 11) is 0. The number of rotatable bonds is 6. The molecule has 142 valence electrons. The molecule has 0 spiro atoms. The number of amides is 2. The predicted molar refractivity (Wildman–Crippen MR) is 104 cm³/mol. The molecule has 0 radical (unpaired) electrons. The first-order valence-corrected chi connectivity index (χ1v) is 9.54. The normalized spacial score (nSPS) is 14.8. The zero-order chi connectivity index (χ0) is 19.1. The molecule has 6 nitrogen and oxygen atoms in total. The Kier molecular flexibility index (Phi) is 6.79. The molecular formula is C20H24ClN4O2+. The van der Waals surface area contributed by atoms with Crippen LogP contribution in [-0.2, 0) is 11.3 Å². The van der Waals surface area contributed by atoms with Gasteiger partial charge in [0.2, 0.25) is 5.91 Å². The summed E-state index contributed by atoms with van der Waals surface area (Å²) >= 11 is 6.01. The predicted octanol–water partition coefficient (Wildman–Crippen LogP) is 0.782. The summed E-state index contributed by atoms with van der Waals surface area (Å²) in [5.41, 5.74) is 1.70. The van der Waals surface area contributed by atoms with Crippen LogP contribution in [0.15, 0.2) is 48.8 Å². The van der Waals surface area contributed by atoms with Crippen LogP contribution in [0.5, 0.6) is 0 Å². The van der Waals surface area contributed by atoms with Crippen LogP contribution < -0.4 is 10.2 Å². The van der Waals surface area contributed by atoms with Crippen LogP contribution in [0.25, 0.3) is 0 Å². The van der Waals surface area contributed by atoms with Gasteiger partial charge >= 0.3 is 0 Å². The molecule has 1 aliphatic heterocycles. The van der Waals surface area contributed by atoms with E-state index >= 15 is 0 Å². The summed E-state index contributed by atoms with van der Waals surface area (Å²) in [4.78, 5) is 31.9. The van der Waals surface area contributed by atoms with E-state index in [9.17, 15) is 9.59 Å². The van der Waals surface area contributed by atoms with E-state index in [2.05, 4.69) is 10.3 Å². The molecule has 0 unspecified atom stereocenters. The topological polar surface area (TPSA) is 66.7 Å². The molecule has 2 aromatic rings. The molecular weight excluding hydrogens is 364 g/mol. The van der Waals surface area contributed by atoms with E-state index in [-0.39, 0.29) is 11.8 Å². The van der Waals surface area contributed by atoms with Gasteiger partial charge in [-0.1, -0.05) is 23.7 Å². The maximum Gasteiger partial charge on any atom is 0.252 e. The Morgan fingerprint density at radius 2 is 1.81 bits per heavy atom. The SMILES string of the molecule is O=C(NCCC(=O)N1CC[NH+](Cc2ccncc2)CC1)c1ccccc1Cl. The van der Waals surface area contributed by atoms with Gasteiger partial charge in [0, 0.05) is 30.9 Å². The number of quaternary nitrogens is 1. The average molecular weight is 388 g/mol. The second-order valence-corrected chi connectivity index (χ2v) is 7.06. The van der Waals surface area contributed by atoms with Gasteiger partial charge in [-0.05, 0) is 24.3 Å². The highest BCUT2D eigenvalue weighted by atomic mass is 35.5. The van der Waals surface area contributed by atoms with Crippen LogP contribution in [-0.4, -0.2) is 54.4 Å². The van der Waals surface area contributed by atoms with Crippen LogP contribution in [0, 0.1) is 0 Å². The number of nitrogens with one attached hydrogen (secondary N) is 2. The van der Waals surface area contributed by atoms with Crippen molar-refractivity contribution in [3.05, 3.63) is 64.9 Å². The Morgan fingerprint density at radius 3 is 2.52 bits per heavy atom. The fourth-order valence-electron chi connectivity index (χ4n) is 3.22. The Hall–Kier alpha value is -2.44. The number of hydrogen-bond donors (Lipinski definition) is 2. The van der Waals surface area contributed by atoms with Gasteiger partial charge < -0.3 is 15.1 Å². The lowest BCUT2D eigenvalue weighted by molar-refractivity contribution is -0.917. The maximum absolute atomic E-state index is 12.4. The highest BCUT2D eigenvalue weighted by molar-refractivity contribution is 6.33. The minimum atomic E-state index is -0.250. The third-order valence-electron chi connectivity index (χ3n) is 4.77. The van der Waals surface area contributed by atoms with Crippen molar-refractivity contribution in [1.29, 1.82) is 0 Å². The molecule has 1 saturated heterocycles. The molecule has 3 rings (SSSR count). The van der Waals surface area contributed by atoms with Gasteiger partial charge in [-0.3, -0.25) is 14.6 Å². The number of aromatic nitrogens is 1. The first kappa shape index (κ1) is 19.3. The summed E-state index contributed by atoms with van der Waals surface area (Å²) in [6, 6.07) is 11.0. The minimum absolute atomic E-state index is 0.0809. The molecule has 7 heteroatoms. The van der Waals surface area contributed by atoms with Crippen LogP contribution in [0.1, 0.15) is 22.3 Å². The fourth-order valence-corrected chi connectivity index (χ4v) is 3.44. The standard InChI is InChI=1S/C20H23ClN4O2/c21-18-4-2-1-3-17(18)20(27)23-10-7-19(26)25-13-11-24(12-14-25)15-16-5-8-22-9-6-16/h1-6,8-9H,7,10-15H2,(H,23,27)/p+1. The summed E-state index contributed by atoms with van der Waals surface area (Å²) in [5, 5.41) is 3.18. The first-order valence-electron chi connectivity index (χ1n) is 9.16. The summed E-state index contributed by atoms with van der Waals surface area (Å²) in [6.45, 7) is 4.63. The number of nitrogens with zero attached hydrogens (tertiary/aromatic N) is 2. The number of pyridine rings is 1. The lowest BCUT2D eigenvalue weighted by atomic mass is 10.2. The summed E-state index contributed by atoms with van der Waals surface area (Å²) in [6.07, 6.45) is 3.92. The highest BCUT2D eigenvalue weighted by Gasteiger charge is 2.23. The number of piperazine rings is 1. The molecule has 0 bridgehead atoms. The minimum Gasteiger partial charge on any atom is -0.351 e. The molecule has 2 amide bonds. The number of hydrogen-bond acceptors (Lipinski definition) is 3. The van der Waals surface area contributed by atoms with Gasteiger partial charge in [-0.15, -0.1) is 0 Å². The summed E-state index contributed by atoms with van der Waals surface area (Å²) < 4.78 is 0. The first-order chi connectivity index (χ1) is 13.1. The van der Waals surface area contributed by atoms with E-state index in [0.717, 1.165) is 32.7 Å². The van der Waals surface area contributed by atoms with Gasteiger partial charge in [0.15, 0.2) is 0 Å². The third kappa shape index (κ3) is 5.52. The van der Waals surface area contributed by atoms with Crippen molar-refractivity contribution in [1.82, 2.24) is 15.2 Å². The Bertz CT molecular complexity index is 777. The van der Waals surface area contributed by atoms with Gasteiger partial charge in [0.05, 0.1) is 36.8 Å². The van der Waals surface area contributed by atoms with Crippen molar-refractivity contribution in [2.45, 2.75) is 13.0 Å². The Balaban J connectivity index is 1.38. The van der Waals surface area contributed by atoms with Gasteiger partial charge in [-0.2, -0.15) is 0 Å². The van der Waals surface area contributed by atoms with Gasteiger partial charge in [0.25, 0.3) is 5.91 Å². The zero-order valence-electron chi connectivity index (χ0n) is 15.2. The average Bonchev–Trinajstić information content (AvgIpc) is 2.69. The van der Waals surface area contributed by atoms with Gasteiger partial charge in [-0.25, -0.2) is 0 Å². The second-order valence-electron chi connectivity index (χ2n) is 6.65. The van der Waals surface area contributed by atoms with E-state index in [1.165, 1.54) is 10.5 Å². The number of carbonyl (C=O) groups excluding carboxylic acids is 2. The fraction of sp³-hybridized carbons (Fsp3) is 0.350. The van der Waals surface area contributed by atoms with Crippen molar-refractivity contribution in [2.75, 3.05) is 32.7 Å². The molecule has 0 aliphatic carbocycles. The van der Waals surface area contributed by atoms with E-state index in [1.54, 1.807) is 24.3 Å². The highest BCUT2D eigenvalue weighted by Crippen LogP contribution is 2.14. The molecule has 1 aliphatic rings. The quantitative estimate of drug-likeness (QED) is 0.770. The van der Waals surface area contributed by atoms with Crippen LogP contribution in [0.3, 0.4) is 0 Å².